The van der Waals surface area contributed by atoms with E-state index in [4.69, 9.17) is 5.11 Å². The number of unbranched alkanes of at least 4 members (excludes halogenated alkanes) is 9. The number of aliphatic hydroxyl groups is 1. The minimum atomic E-state index is -0.149. The Labute approximate surface area is 182 Å². The summed E-state index contributed by atoms with van der Waals surface area (Å²) in [6, 6.07) is 0. The molecule has 0 aromatic carbocycles. The molecule has 0 saturated heterocycles. The fraction of sp³-hybridized carbons (Fsp3) is 0.963. The van der Waals surface area contributed by atoms with Gasteiger partial charge in [0, 0.05) is 17.4 Å². The predicted molar refractivity (Wildman–Crippen MR) is 126 cm³/mol. The minimum Gasteiger partial charge on any atom is -0.396 e. The second-order valence-electron chi connectivity index (χ2n) is 10.8. The van der Waals surface area contributed by atoms with E-state index < -0.39 is 0 Å². The quantitative estimate of drug-likeness (QED) is 0.329. The lowest BCUT2D eigenvalue weighted by Crippen LogP contribution is -2.39. The van der Waals surface area contributed by atoms with Crippen molar-refractivity contribution < 1.29 is 9.90 Å². The van der Waals surface area contributed by atoms with Crippen molar-refractivity contribution in [1.82, 2.24) is 0 Å². The zero-order valence-corrected chi connectivity index (χ0v) is 20.2. The summed E-state index contributed by atoms with van der Waals surface area (Å²) in [5, 5.41) is 8.81. The van der Waals surface area contributed by atoms with Crippen LogP contribution in [0.2, 0.25) is 0 Å². The van der Waals surface area contributed by atoms with Gasteiger partial charge >= 0.3 is 0 Å². The van der Waals surface area contributed by atoms with E-state index in [9.17, 15) is 4.79 Å². The third-order valence-corrected chi connectivity index (χ3v) is 7.33. The highest BCUT2D eigenvalue weighted by Gasteiger charge is 2.40. The molecular formula is C27H52O2. The van der Waals surface area contributed by atoms with Gasteiger partial charge < -0.3 is 5.11 Å². The SMILES string of the molecule is CC1(C)CCCCCCCCCC(C)(CCCCCCCCCCCCO)C1=O. The molecule has 1 unspecified atom stereocenters. The van der Waals surface area contributed by atoms with Crippen LogP contribution in [0.4, 0.5) is 0 Å². The van der Waals surface area contributed by atoms with Crippen LogP contribution in [-0.4, -0.2) is 17.5 Å². The van der Waals surface area contributed by atoms with Crippen LogP contribution in [0, 0.1) is 10.8 Å². The second-order valence-corrected chi connectivity index (χ2v) is 10.8. The molecule has 172 valence electrons. The Kier molecular flexibility index (Phi) is 14.2. The number of rotatable bonds is 12. The molecule has 0 heterocycles. The molecule has 1 aliphatic rings. The van der Waals surface area contributed by atoms with E-state index >= 15 is 0 Å². The predicted octanol–water partition coefficient (Wildman–Crippen LogP) is 8.40. The largest absolute Gasteiger partial charge is 0.396 e. The molecule has 0 spiro atoms. The summed E-state index contributed by atoms with van der Waals surface area (Å²) in [5.74, 6) is 0.549. The molecule has 1 rings (SSSR count). The van der Waals surface area contributed by atoms with Crippen molar-refractivity contribution in [3.8, 4) is 0 Å². The van der Waals surface area contributed by atoms with Gasteiger partial charge in [0.1, 0.15) is 5.78 Å². The first-order valence-corrected chi connectivity index (χ1v) is 13.1. The van der Waals surface area contributed by atoms with Gasteiger partial charge in [-0.2, -0.15) is 0 Å². The first-order valence-electron chi connectivity index (χ1n) is 13.1. The molecule has 1 atom stereocenters. The van der Waals surface area contributed by atoms with Crippen LogP contribution in [0.3, 0.4) is 0 Å². The number of hydrogen-bond donors (Lipinski definition) is 1. The summed E-state index contributed by atoms with van der Waals surface area (Å²) >= 11 is 0. The smallest absolute Gasteiger partial charge is 0.144 e. The van der Waals surface area contributed by atoms with Crippen LogP contribution in [0.5, 0.6) is 0 Å². The molecule has 2 nitrogen and oxygen atoms in total. The Morgan fingerprint density at radius 2 is 1.03 bits per heavy atom. The molecular weight excluding hydrogens is 356 g/mol. The molecule has 1 aliphatic carbocycles. The van der Waals surface area contributed by atoms with Crippen LogP contribution >= 0.6 is 0 Å². The minimum absolute atomic E-state index is 0.102. The standard InChI is InChI=1S/C27H52O2/c1-26(2)21-17-13-9-8-11-15-19-23-27(3,25(26)29)22-18-14-10-6-4-5-7-12-16-20-24-28/h28H,4-24H2,1-3H3. The molecule has 0 amide bonds. The van der Waals surface area contributed by atoms with Gasteiger partial charge in [-0.3, -0.25) is 4.79 Å². The lowest BCUT2D eigenvalue weighted by molar-refractivity contribution is -0.138. The van der Waals surface area contributed by atoms with Gasteiger partial charge in [-0.05, 0) is 25.7 Å². The zero-order chi connectivity index (χ0) is 21.4. The number of carbonyl (C=O) groups is 1. The number of hydrogen-bond acceptors (Lipinski definition) is 2. The van der Waals surface area contributed by atoms with Crippen molar-refractivity contribution in [1.29, 1.82) is 0 Å². The second kappa shape index (κ2) is 15.4. The van der Waals surface area contributed by atoms with Crippen molar-refractivity contribution in [3.63, 3.8) is 0 Å². The Morgan fingerprint density at radius 3 is 1.55 bits per heavy atom. The summed E-state index contributed by atoms with van der Waals surface area (Å²) in [6.45, 7) is 7.05. The molecule has 0 aromatic heterocycles. The van der Waals surface area contributed by atoms with E-state index in [-0.39, 0.29) is 10.8 Å². The van der Waals surface area contributed by atoms with Crippen LogP contribution in [0.15, 0.2) is 0 Å². The third-order valence-electron chi connectivity index (χ3n) is 7.33. The molecule has 29 heavy (non-hydrogen) atoms. The van der Waals surface area contributed by atoms with Crippen molar-refractivity contribution in [2.45, 2.75) is 149 Å². The summed E-state index contributed by atoms with van der Waals surface area (Å²) in [7, 11) is 0. The number of aliphatic hydroxyl groups excluding tert-OH is 1. The van der Waals surface area contributed by atoms with E-state index in [2.05, 4.69) is 20.8 Å². The molecule has 1 fully saturated rings. The number of carbonyl (C=O) groups excluding carboxylic acids is 1. The van der Waals surface area contributed by atoms with Crippen molar-refractivity contribution in [2.24, 2.45) is 10.8 Å². The average Bonchev–Trinajstić information content (AvgIpc) is 2.69. The highest BCUT2D eigenvalue weighted by atomic mass is 16.2. The number of ketones is 1. The lowest BCUT2D eigenvalue weighted by atomic mass is 9.66. The van der Waals surface area contributed by atoms with E-state index in [1.54, 1.807) is 0 Å². The molecule has 1 N–H and O–H groups in total. The van der Waals surface area contributed by atoms with Crippen LogP contribution in [0.25, 0.3) is 0 Å². The average molecular weight is 409 g/mol. The molecule has 2 heteroatoms. The topological polar surface area (TPSA) is 37.3 Å². The first-order chi connectivity index (χ1) is 13.9. The molecule has 0 aromatic rings. The summed E-state index contributed by atoms with van der Waals surface area (Å²) in [4.78, 5) is 13.5. The van der Waals surface area contributed by atoms with E-state index in [1.807, 2.05) is 0 Å². The monoisotopic (exact) mass is 408 g/mol. The van der Waals surface area contributed by atoms with Gasteiger partial charge in [-0.15, -0.1) is 0 Å². The van der Waals surface area contributed by atoms with Gasteiger partial charge in [0.05, 0.1) is 0 Å². The Balaban J connectivity index is 2.33. The van der Waals surface area contributed by atoms with Gasteiger partial charge in [0.25, 0.3) is 0 Å². The maximum Gasteiger partial charge on any atom is 0.144 e. The lowest BCUT2D eigenvalue weighted by Gasteiger charge is -2.37. The van der Waals surface area contributed by atoms with Crippen molar-refractivity contribution in [2.75, 3.05) is 6.61 Å². The molecule has 0 aliphatic heterocycles. The normalized spacial score (nSPS) is 24.1. The van der Waals surface area contributed by atoms with Crippen LogP contribution in [0.1, 0.15) is 149 Å². The maximum atomic E-state index is 13.5. The zero-order valence-electron chi connectivity index (χ0n) is 20.2. The van der Waals surface area contributed by atoms with Crippen LogP contribution < -0.4 is 0 Å². The van der Waals surface area contributed by atoms with Gasteiger partial charge in [0.15, 0.2) is 0 Å². The summed E-state index contributed by atoms with van der Waals surface area (Å²) in [5.41, 5.74) is -0.251. The van der Waals surface area contributed by atoms with E-state index in [0.717, 1.165) is 25.7 Å². The summed E-state index contributed by atoms with van der Waals surface area (Å²) < 4.78 is 0. The fourth-order valence-electron chi connectivity index (χ4n) is 5.29. The molecule has 0 radical (unpaired) electrons. The van der Waals surface area contributed by atoms with E-state index in [0.29, 0.717) is 12.4 Å². The summed E-state index contributed by atoms with van der Waals surface area (Å²) in [6.07, 6.45) is 25.0. The Hall–Kier alpha value is -0.370. The van der Waals surface area contributed by atoms with Gasteiger partial charge in [-0.25, -0.2) is 0 Å². The third kappa shape index (κ3) is 11.6. The highest BCUT2D eigenvalue weighted by Crippen LogP contribution is 2.41. The van der Waals surface area contributed by atoms with Crippen molar-refractivity contribution >= 4 is 5.78 Å². The first kappa shape index (κ1) is 26.7. The molecule has 1 saturated carbocycles. The van der Waals surface area contributed by atoms with Crippen LogP contribution in [-0.2, 0) is 4.79 Å². The Morgan fingerprint density at radius 1 is 0.621 bits per heavy atom. The van der Waals surface area contributed by atoms with Gasteiger partial charge in [-0.1, -0.05) is 124 Å². The van der Waals surface area contributed by atoms with Gasteiger partial charge in [0.2, 0.25) is 0 Å². The maximum absolute atomic E-state index is 13.5. The fourth-order valence-corrected chi connectivity index (χ4v) is 5.29. The highest BCUT2D eigenvalue weighted by molar-refractivity contribution is 5.89. The molecule has 0 bridgehead atoms. The van der Waals surface area contributed by atoms with Crippen molar-refractivity contribution in [3.05, 3.63) is 0 Å². The van der Waals surface area contributed by atoms with E-state index in [1.165, 1.54) is 103 Å². The number of Topliss-reactive ketones (excluding diaryl/α,β-unsaturated/α-hetero) is 1. The Bertz CT molecular complexity index is 415.